The first-order chi connectivity index (χ1) is 12.1. The van der Waals surface area contributed by atoms with Gasteiger partial charge in [0.25, 0.3) is 5.69 Å². The van der Waals surface area contributed by atoms with Crippen molar-refractivity contribution in [2.45, 2.75) is 6.54 Å². The van der Waals surface area contributed by atoms with E-state index in [0.29, 0.717) is 12.1 Å². The van der Waals surface area contributed by atoms with E-state index < -0.39 is 4.92 Å². The molecule has 0 aliphatic carbocycles. The van der Waals surface area contributed by atoms with E-state index in [2.05, 4.69) is 34.1 Å². The van der Waals surface area contributed by atoms with Gasteiger partial charge in [-0.2, -0.15) is 0 Å². The van der Waals surface area contributed by atoms with Crippen LogP contribution in [0.1, 0.15) is 15.9 Å². The first kappa shape index (κ1) is 20.0. The van der Waals surface area contributed by atoms with E-state index in [1.807, 2.05) is 6.07 Å². The van der Waals surface area contributed by atoms with Crippen molar-refractivity contribution < 1.29 is 9.72 Å². The molecule has 2 aromatic rings. The molecule has 6 nitrogen and oxygen atoms in total. The summed E-state index contributed by atoms with van der Waals surface area (Å²) < 4.78 is 0. The predicted octanol–water partition coefficient (Wildman–Crippen LogP) is 3.02. The number of carbonyl (C=O) groups is 1. The van der Waals surface area contributed by atoms with E-state index in [0.717, 1.165) is 32.7 Å². The molecular formula is C19H22ClN3O3. The Hall–Kier alpha value is -2.28. The van der Waals surface area contributed by atoms with Gasteiger partial charge in [0.05, 0.1) is 11.5 Å². The number of carbonyl (C=O) groups excluding carboxylic acids is 1. The van der Waals surface area contributed by atoms with Gasteiger partial charge in [-0.05, 0) is 17.7 Å². The standard InChI is InChI=1S/C19H21N3O3.ClH/c23-19(17-6-8-18(9-7-17)22(24)25)15-21-12-10-20(11-13-21)14-16-4-2-1-3-5-16;/h1-9H,10-15H2;1H. The second kappa shape index (κ2) is 9.43. The Morgan fingerprint density at radius 1 is 0.923 bits per heavy atom. The van der Waals surface area contributed by atoms with Crippen molar-refractivity contribution in [3.63, 3.8) is 0 Å². The van der Waals surface area contributed by atoms with Crippen LogP contribution in [-0.4, -0.2) is 53.2 Å². The molecule has 0 bridgehead atoms. The molecule has 0 aromatic heterocycles. The van der Waals surface area contributed by atoms with Crippen molar-refractivity contribution in [1.82, 2.24) is 9.80 Å². The van der Waals surface area contributed by atoms with Gasteiger partial charge >= 0.3 is 0 Å². The second-order valence-electron chi connectivity index (χ2n) is 6.27. The third kappa shape index (κ3) is 5.36. The number of rotatable bonds is 6. The van der Waals surface area contributed by atoms with Gasteiger partial charge in [0.15, 0.2) is 5.78 Å². The summed E-state index contributed by atoms with van der Waals surface area (Å²) in [5, 5.41) is 10.7. The fraction of sp³-hybridized carbons (Fsp3) is 0.316. The smallest absolute Gasteiger partial charge is 0.269 e. The molecule has 7 heteroatoms. The fourth-order valence-corrected chi connectivity index (χ4v) is 3.01. The molecule has 3 rings (SSSR count). The van der Waals surface area contributed by atoms with Gasteiger partial charge in [0.1, 0.15) is 0 Å². The second-order valence-corrected chi connectivity index (χ2v) is 6.27. The molecule has 0 amide bonds. The number of hydrogen-bond acceptors (Lipinski definition) is 5. The van der Waals surface area contributed by atoms with E-state index in [1.54, 1.807) is 0 Å². The highest BCUT2D eigenvalue weighted by Crippen LogP contribution is 2.14. The van der Waals surface area contributed by atoms with E-state index in [9.17, 15) is 14.9 Å². The Bertz CT molecular complexity index is 729. The lowest BCUT2D eigenvalue weighted by molar-refractivity contribution is -0.384. The molecular weight excluding hydrogens is 354 g/mol. The van der Waals surface area contributed by atoms with E-state index in [-0.39, 0.29) is 23.9 Å². The first-order valence-electron chi connectivity index (χ1n) is 8.38. The van der Waals surface area contributed by atoms with Crippen LogP contribution in [-0.2, 0) is 6.54 Å². The summed E-state index contributed by atoms with van der Waals surface area (Å²) in [5.41, 5.74) is 1.83. The van der Waals surface area contributed by atoms with Gasteiger partial charge in [-0.25, -0.2) is 0 Å². The van der Waals surface area contributed by atoms with E-state index in [4.69, 9.17) is 0 Å². The first-order valence-corrected chi connectivity index (χ1v) is 8.38. The highest BCUT2D eigenvalue weighted by atomic mass is 35.5. The third-order valence-corrected chi connectivity index (χ3v) is 4.48. The minimum Gasteiger partial charge on any atom is -0.297 e. The molecule has 1 fully saturated rings. The maximum Gasteiger partial charge on any atom is 0.269 e. The molecule has 1 aliphatic heterocycles. The van der Waals surface area contributed by atoms with Crippen molar-refractivity contribution in [2.24, 2.45) is 0 Å². The van der Waals surface area contributed by atoms with Crippen molar-refractivity contribution in [1.29, 1.82) is 0 Å². The van der Waals surface area contributed by atoms with Crippen LogP contribution >= 0.6 is 12.4 Å². The Balaban J connectivity index is 0.00000243. The average molecular weight is 376 g/mol. The van der Waals surface area contributed by atoms with Gasteiger partial charge in [-0.1, -0.05) is 30.3 Å². The SMILES string of the molecule is Cl.O=C(CN1CCN(Cc2ccccc2)CC1)c1ccc([N+](=O)[O-])cc1. The van der Waals surface area contributed by atoms with Crippen LogP contribution in [0.4, 0.5) is 5.69 Å². The van der Waals surface area contributed by atoms with Crippen molar-refractivity contribution >= 4 is 23.9 Å². The Morgan fingerprint density at radius 2 is 1.50 bits per heavy atom. The summed E-state index contributed by atoms with van der Waals surface area (Å²) in [4.78, 5) is 27.1. The van der Waals surface area contributed by atoms with Gasteiger partial charge in [0.2, 0.25) is 0 Å². The van der Waals surface area contributed by atoms with Crippen LogP contribution in [0.3, 0.4) is 0 Å². The predicted molar refractivity (Wildman–Crippen MR) is 103 cm³/mol. The lowest BCUT2D eigenvalue weighted by Gasteiger charge is -2.34. The zero-order valence-electron chi connectivity index (χ0n) is 14.4. The molecule has 2 aromatic carbocycles. The van der Waals surface area contributed by atoms with Crippen LogP contribution in [0, 0.1) is 10.1 Å². The molecule has 1 saturated heterocycles. The third-order valence-electron chi connectivity index (χ3n) is 4.48. The van der Waals surface area contributed by atoms with Crippen LogP contribution in [0.2, 0.25) is 0 Å². The fourth-order valence-electron chi connectivity index (χ4n) is 3.01. The van der Waals surface area contributed by atoms with Gasteiger partial charge in [0, 0.05) is 50.4 Å². The van der Waals surface area contributed by atoms with Gasteiger partial charge in [-0.3, -0.25) is 24.7 Å². The average Bonchev–Trinajstić information content (AvgIpc) is 2.64. The number of nitro benzene ring substituents is 1. The number of benzene rings is 2. The molecule has 1 aliphatic rings. The van der Waals surface area contributed by atoms with Crippen molar-refractivity contribution in [3.8, 4) is 0 Å². The maximum absolute atomic E-state index is 12.3. The van der Waals surface area contributed by atoms with Crippen LogP contribution < -0.4 is 0 Å². The molecule has 0 N–H and O–H groups in total. The number of hydrogen-bond donors (Lipinski definition) is 0. The number of halogens is 1. The molecule has 138 valence electrons. The number of nitrogens with zero attached hydrogens (tertiary/aromatic N) is 3. The maximum atomic E-state index is 12.3. The van der Waals surface area contributed by atoms with Crippen LogP contribution in [0.5, 0.6) is 0 Å². The summed E-state index contributed by atoms with van der Waals surface area (Å²) in [6.07, 6.45) is 0. The molecule has 1 heterocycles. The Morgan fingerprint density at radius 3 is 2.08 bits per heavy atom. The lowest BCUT2D eigenvalue weighted by Crippen LogP contribution is -2.47. The molecule has 0 saturated carbocycles. The minimum absolute atomic E-state index is 0. The van der Waals surface area contributed by atoms with Gasteiger partial charge in [-0.15, -0.1) is 12.4 Å². The molecule has 0 spiro atoms. The zero-order chi connectivity index (χ0) is 17.6. The van der Waals surface area contributed by atoms with Crippen molar-refractivity contribution in [2.75, 3.05) is 32.7 Å². The summed E-state index contributed by atoms with van der Waals surface area (Å²) in [6, 6.07) is 16.2. The number of piperazine rings is 1. The quantitative estimate of drug-likeness (QED) is 0.441. The van der Waals surface area contributed by atoms with E-state index in [1.165, 1.54) is 29.8 Å². The normalized spacial score (nSPS) is 15.2. The number of nitro groups is 1. The highest BCUT2D eigenvalue weighted by Gasteiger charge is 2.20. The van der Waals surface area contributed by atoms with Gasteiger partial charge < -0.3 is 0 Å². The summed E-state index contributed by atoms with van der Waals surface area (Å²) in [5.74, 6) is 0.00593. The largest absolute Gasteiger partial charge is 0.297 e. The monoisotopic (exact) mass is 375 g/mol. The minimum atomic E-state index is -0.458. The van der Waals surface area contributed by atoms with Crippen LogP contribution in [0.15, 0.2) is 54.6 Å². The molecule has 0 unspecified atom stereocenters. The summed E-state index contributed by atoms with van der Waals surface area (Å²) >= 11 is 0. The number of ketones is 1. The molecule has 0 radical (unpaired) electrons. The summed E-state index contributed by atoms with van der Waals surface area (Å²) in [6.45, 7) is 4.87. The number of Topliss-reactive ketones (excluding diaryl/α,β-unsaturated/α-hetero) is 1. The Labute approximate surface area is 159 Å². The lowest BCUT2D eigenvalue weighted by atomic mass is 10.1. The molecule has 26 heavy (non-hydrogen) atoms. The van der Waals surface area contributed by atoms with Crippen molar-refractivity contribution in [3.05, 3.63) is 75.8 Å². The highest BCUT2D eigenvalue weighted by molar-refractivity contribution is 5.97. The topological polar surface area (TPSA) is 66.7 Å². The Kier molecular flexibility index (Phi) is 7.26. The van der Waals surface area contributed by atoms with E-state index >= 15 is 0 Å². The zero-order valence-corrected chi connectivity index (χ0v) is 15.2. The molecule has 0 atom stereocenters. The number of non-ortho nitro benzene ring substituents is 1. The summed E-state index contributed by atoms with van der Waals surface area (Å²) in [7, 11) is 0. The van der Waals surface area contributed by atoms with Crippen LogP contribution in [0.25, 0.3) is 0 Å².